The van der Waals surface area contributed by atoms with E-state index in [-0.39, 0.29) is 17.9 Å². The van der Waals surface area contributed by atoms with Gasteiger partial charge in [-0.15, -0.1) is 0 Å². The lowest BCUT2D eigenvalue weighted by molar-refractivity contribution is -0.135. The van der Waals surface area contributed by atoms with Crippen molar-refractivity contribution in [3.63, 3.8) is 0 Å². The number of fused-ring (bicyclic) bond motifs is 1. The Labute approximate surface area is 125 Å². The SMILES string of the molecule is CCNC(=O)Nc1ccc2c(c1)CN(C(=O)C(C)C)CC2. The number of nitrogens with zero attached hydrogens (tertiary/aromatic N) is 1. The van der Waals surface area contributed by atoms with Crippen molar-refractivity contribution >= 4 is 17.6 Å². The van der Waals surface area contributed by atoms with Crippen LogP contribution < -0.4 is 10.6 Å². The normalized spacial score (nSPS) is 13.8. The molecule has 0 unspecified atom stereocenters. The molecule has 5 nitrogen and oxygen atoms in total. The van der Waals surface area contributed by atoms with Crippen molar-refractivity contribution in [1.82, 2.24) is 10.2 Å². The summed E-state index contributed by atoms with van der Waals surface area (Å²) in [6.07, 6.45) is 0.870. The number of nitrogens with one attached hydrogen (secondary N) is 2. The molecule has 1 aromatic carbocycles. The van der Waals surface area contributed by atoms with E-state index >= 15 is 0 Å². The van der Waals surface area contributed by atoms with Crippen LogP contribution >= 0.6 is 0 Å². The summed E-state index contributed by atoms with van der Waals surface area (Å²) in [5.41, 5.74) is 3.13. The highest BCUT2D eigenvalue weighted by atomic mass is 16.2. The predicted molar refractivity (Wildman–Crippen MR) is 83.1 cm³/mol. The van der Waals surface area contributed by atoms with Gasteiger partial charge >= 0.3 is 6.03 Å². The smallest absolute Gasteiger partial charge is 0.319 e. The van der Waals surface area contributed by atoms with Gasteiger partial charge in [0, 0.05) is 31.2 Å². The molecule has 1 aliphatic heterocycles. The second-order valence-corrected chi connectivity index (χ2v) is 5.63. The molecule has 1 aliphatic rings. The van der Waals surface area contributed by atoms with E-state index in [9.17, 15) is 9.59 Å². The highest BCUT2D eigenvalue weighted by Gasteiger charge is 2.22. The van der Waals surface area contributed by atoms with Crippen molar-refractivity contribution in [3.8, 4) is 0 Å². The second-order valence-electron chi connectivity index (χ2n) is 5.63. The van der Waals surface area contributed by atoms with Gasteiger partial charge in [-0.2, -0.15) is 0 Å². The zero-order chi connectivity index (χ0) is 15.4. The Hall–Kier alpha value is -2.04. The zero-order valence-corrected chi connectivity index (χ0v) is 12.9. The lowest BCUT2D eigenvalue weighted by Gasteiger charge is -2.30. The summed E-state index contributed by atoms with van der Waals surface area (Å²) in [4.78, 5) is 25.5. The molecule has 0 aromatic heterocycles. The largest absolute Gasteiger partial charge is 0.338 e. The van der Waals surface area contributed by atoms with Gasteiger partial charge in [0.1, 0.15) is 0 Å². The molecule has 0 atom stereocenters. The number of amides is 3. The number of carbonyl (C=O) groups excluding carboxylic acids is 2. The molecule has 1 aromatic rings. The topological polar surface area (TPSA) is 61.4 Å². The number of rotatable bonds is 3. The number of hydrogen-bond acceptors (Lipinski definition) is 2. The van der Waals surface area contributed by atoms with Gasteiger partial charge in [0.2, 0.25) is 5.91 Å². The molecule has 0 spiro atoms. The van der Waals surface area contributed by atoms with Crippen LogP contribution in [-0.4, -0.2) is 29.9 Å². The number of benzene rings is 1. The average molecular weight is 289 g/mol. The highest BCUT2D eigenvalue weighted by molar-refractivity contribution is 5.89. The van der Waals surface area contributed by atoms with Crippen LogP contribution in [0.25, 0.3) is 0 Å². The van der Waals surface area contributed by atoms with Crippen LogP contribution in [0, 0.1) is 5.92 Å². The van der Waals surface area contributed by atoms with Crippen LogP contribution in [0.1, 0.15) is 31.9 Å². The third-order valence-electron chi connectivity index (χ3n) is 3.62. The lowest BCUT2D eigenvalue weighted by Crippen LogP contribution is -2.38. The summed E-state index contributed by atoms with van der Waals surface area (Å²) >= 11 is 0. The molecule has 5 heteroatoms. The van der Waals surface area contributed by atoms with Crippen molar-refractivity contribution < 1.29 is 9.59 Å². The molecule has 2 rings (SSSR count). The van der Waals surface area contributed by atoms with Gasteiger partial charge in [-0.3, -0.25) is 4.79 Å². The van der Waals surface area contributed by atoms with Gasteiger partial charge in [-0.05, 0) is 36.6 Å². The molecule has 21 heavy (non-hydrogen) atoms. The molecule has 0 saturated carbocycles. The van der Waals surface area contributed by atoms with Gasteiger partial charge in [0.25, 0.3) is 0 Å². The fraction of sp³-hybridized carbons (Fsp3) is 0.500. The quantitative estimate of drug-likeness (QED) is 0.897. The molecule has 3 amide bonds. The average Bonchev–Trinajstić information content (AvgIpc) is 2.45. The van der Waals surface area contributed by atoms with Crippen molar-refractivity contribution in [1.29, 1.82) is 0 Å². The number of anilines is 1. The Morgan fingerprint density at radius 3 is 2.71 bits per heavy atom. The third-order valence-corrected chi connectivity index (χ3v) is 3.62. The number of urea groups is 1. The van der Waals surface area contributed by atoms with E-state index in [1.54, 1.807) is 0 Å². The molecule has 1 heterocycles. The molecule has 0 radical (unpaired) electrons. The third kappa shape index (κ3) is 3.74. The van der Waals surface area contributed by atoms with Crippen LogP contribution in [0.15, 0.2) is 18.2 Å². The van der Waals surface area contributed by atoms with E-state index < -0.39 is 0 Å². The minimum absolute atomic E-state index is 0.0168. The first-order valence-corrected chi connectivity index (χ1v) is 7.46. The van der Waals surface area contributed by atoms with E-state index in [4.69, 9.17) is 0 Å². The van der Waals surface area contributed by atoms with E-state index in [1.807, 2.05) is 43.9 Å². The minimum Gasteiger partial charge on any atom is -0.338 e. The Balaban J connectivity index is 2.11. The van der Waals surface area contributed by atoms with Gasteiger partial charge in [0.05, 0.1) is 0 Å². The summed E-state index contributed by atoms with van der Waals surface area (Å²) in [7, 11) is 0. The van der Waals surface area contributed by atoms with Crippen molar-refractivity contribution in [3.05, 3.63) is 29.3 Å². The zero-order valence-electron chi connectivity index (χ0n) is 12.9. The highest BCUT2D eigenvalue weighted by Crippen LogP contribution is 2.23. The minimum atomic E-state index is -0.205. The molecule has 0 aliphatic carbocycles. The Morgan fingerprint density at radius 2 is 2.05 bits per heavy atom. The first-order valence-electron chi connectivity index (χ1n) is 7.46. The maximum atomic E-state index is 12.1. The van der Waals surface area contributed by atoms with Crippen LogP contribution in [0.2, 0.25) is 0 Å². The molecular weight excluding hydrogens is 266 g/mol. The summed E-state index contributed by atoms with van der Waals surface area (Å²) in [6, 6.07) is 5.70. The molecule has 114 valence electrons. The van der Waals surface area contributed by atoms with Gasteiger partial charge < -0.3 is 15.5 Å². The van der Waals surface area contributed by atoms with Crippen LogP contribution in [0.5, 0.6) is 0 Å². The molecule has 0 fully saturated rings. The Kier molecular flexibility index (Phi) is 4.83. The molecule has 0 bridgehead atoms. The van der Waals surface area contributed by atoms with Crippen molar-refractivity contribution in [2.24, 2.45) is 5.92 Å². The van der Waals surface area contributed by atoms with Crippen LogP contribution in [0.3, 0.4) is 0 Å². The van der Waals surface area contributed by atoms with E-state index in [1.165, 1.54) is 5.56 Å². The molecule has 2 N–H and O–H groups in total. The van der Waals surface area contributed by atoms with Crippen molar-refractivity contribution in [2.45, 2.75) is 33.7 Å². The van der Waals surface area contributed by atoms with E-state index in [2.05, 4.69) is 10.6 Å². The first-order chi connectivity index (χ1) is 10.0. The summed E-state index contributed by atoms with van der Waals surface area (Å²) in [5, 5.41) is 5.51. The van der Waals surface area contributed by atoms with Crippen molar-refractivity contribution in [2.75, 3.05) is 18.4 Å². The summed E-state index contributed by atoms with van der Waals surface area (Å²) in [5.74, 6) is 0.200. The lowest BCUT2D eigenvalue weighted by atomic mass is 9.98. The van der Waals surface area contributed by atoms with E-state index in [0.717, 1.165) is 24.2 Å². The summed E-state index contributed by atoms with van der Waals surface area (Å²) < 4.78 is 0. The van der Waals surface area contributed by atoms with Crippen LogP contribution in [0.4, 0.5) is 10.5 Å². The second kappa shape index (κ2) is 6.61. The first kappa shape index (κ1) is 15.4. The van der Waals surface area contributed by atoms with Crippen LogP contribution in [-0.2, 0) is 17.8 Å². The van der Waals surface area contributed by atoms with Gasteiger partial charge in [0.15, 0.2) is 0 Å². The van der Waals surface area contributed by atoms with Gasteiger partial charge in [-0.1, -0.05) is 19.9 Å². The standard InChI is InChI=1S/C16H23N3O2/c1-4-17-16(21)18-14-6-5-12-7-8-19(10-13(12)9-14)15(20)11(2)3/h5-6,9,11H,4,7-8,10H2,1-3H3,(H2,17,18,21). The molecule has 0 saturated heterocycles. The monoisotopic (exact) mass is 289 g/mol. The molecular formula is C16H23N3O2. The number of carbonyl (C=O) groups is 2. The maximum absolute atomic E-state index is 12.1. The predicted octanol–water partition coefficient (Wildman–Crippen LogP) is 2.37. The van der Waals surface area contributed by atoms with E-state index in [0.29, 0.717) is 13.1 Å². The fourth-order valence-corrected chi connectivity index (χ4v) is 2.52. The number of hydrogen-bond donors (Lipinski definition) is 2. The van der Waals surface area contributed by atoms with Gasteiger partial charge in [-0.25, -0.2) is 4.79 Å². The summed E-state index contributed by atoms with van der Waals surface area (Å²) in [6.45, 7) is 7.70. The maximum Gasteiger partial charge on any atom is 0.319 e. The Morgan fingerprint density at radius 1 is 1.29 bits per heavy atom. The fourth-order valence-electron chi connectivity index (χ4n) is 2.52. The Bertz CT molecular complexity index is 540.